The van der Waals surface area contributed by atoms with Crippen molar-refractivity contribution >= 4 is 26.0 Å². The first-order valence-electron chi connectivity index (χ1n) is 7.28. The molecule has 1 aliphatic rings. The number of carboxylic acid groups (broad SMARTS) is 1. The highest BCUT2D eigenvalue weighted by molar-refractivity contribution is 7.99. The zero-order valence-electron chi connectivity index (χ0n) is 13.6. The highest BCUT2D eigenvalue weighted by Gasteiger charge is 2.42. The van der Waals surface area contributed by atoms with Gasteiger partial charge in [-0.25, -0.2) is 0 Å². The first kappa shape index (κ1) is 18.0. The lowest BCUT2D eigenvalue weighted by molar-refractivity contribution is -0.146. The zero-order chi connectivity index (χ0) is 15.6. The van der Waals surface area contributed by atoms with Crippen LogP contribution < -0.4 is 0 Å². The first-order chi connectivity index (χ1) is 9.06. The van der Waals surface area contributed by atoms with Crippen molar-refractivity contribution in [2.45, 2.75) is 58.0 Å². The molecule has 1 aliphatic heterocycles. The lowest BCUT2D eigenvalue weighted by Crippen LogP contribution is -2.55. The summed E-state index contributed by atoms with van der Waals surface area (Å²) in [4.78, 5) is 13.7. The fraction of sp³-hybridized carbons (Fsp3) is 0.929. The Morgan fingerprint density at radius 3 is 2.20 bits per heavy atom. The minimum atomic E-state index is -1.94. The molecule has 1 saturated heterocycles. The zero-order valence-corrected chi connectivity index (χ0v) is 15.4. The van der Waals surface area contributed by atoms with Crippen LogP contribution >= 0.6 is 11.8 Å². The Morgan fingerprint density at radius 2 is 1.80 bits per heavy atom. The number of carbonyl (C=O) groups is 1. The first-order valence-corrected chi connectivity index (χ1v) is 11.3. The molecule has 0 aromatic carbocycles. The molecule has 4 nitrogen and oxygen atoms in total. The summed E-state index contributed by atoms with van der Waals surface area (Å²) >= 11 is 1.89. The number of thioether (sulfide) groups is 1. The number of carboxylic acids is 1. The van der Waals surface area contributed by atoms with Crippen LogP contribution in [0.3, 0.4) is 0 Å². The van der Waals surface area contributed by atoms with Crippen molar-refractivity contribution in [2.75, 3.05) is 24.6 Å². The van der Waals surface area contributed by atoms with Gasteiger partial charge in [-0.1, -0.05) is 20.8 Å². The van der Waals surface area contributed by atoms with Gasteiger partial charge in [0.15, 0.2) is 8.32 Å². The van der Waals surface area contributed by atoms with Crippen LogP contribution in [0.4, 0.5) is 0 Å². The summed E-state index contributed by atoms with van der Waals surface area (Å²) in [6.45, 7) is 14.5. The van der Waals surface area contributed by atoms with Gasteiger partial charge in [-0.05, 0) is 25.1 Å². The van der Waals surface area contributed by atoms with E-state index in [4.69, 9.17) is 4.43 Å². The average Bonchev–Trinajstić information content (AvgIpc) is 2.27. The summed E-state index contributed by atoms with van der Waals surface area (Å²) in [7, 11) is -1.94. The summed E-state index contributed by atoms with van der Waals surface area (Å²) in [5, 5.41) is 9.68. The van der Waals surface area contributed by atoms with Crippen LogP contribution in [0, 0.1) is 0 Å². The van der Waals surface area contributed by atoms with Crippen LogP contribution in [0.5, 0.6) is 0 Å². The predicted molar refractivity (Wildman–Crippen MR) is 88.1 cm³/mol. The third-order valence-electron chi connectivity index (χ3n) is 4.42. The van der Waals surface area contributed by atoms with E-state index < -0.39 is 20.3 Å². The van der Waals surface area contributed by atoms with E-state index >= 15 is 0 Å². The molecule has 0 aromatic heterocycles. The third-order valence-corrected chi connectivity index (χ3v) is 9.94. The van der Waals surface area contributed by atoms with Crippen molar-refractivity contribution in [3.05, 3.63) is 0 Å². The Balaban J connectivity index is 2.79. The Kier molecular flexibility index (Phi) is 6.13. The molecular weight excluding hydrogens is 290 g/mol. The predicted octanol–water partition coefficient (Wildman–Crippen LogP) is 2.90. The molecule has 0 radical (unpaired) electrons. The van der Waals surface area contributed by atoms with Crippen LogP contribution in [-0.2, 0) is 9.22 Å². The highest BCUT2D eigenvalue weighted by Crippen LogP contribution is 2.38. The maximum Gasteiger partial charge on any atom is 0.323 e. The Hall–Kier alpha value is -0.0431. The summed E-state index contributed by atoms with van der Waals surface area (Å²) < 4.78 is 6.29. The van der Waals surface area contributed by atoms with Gasteiger partial charge in [0.25, 0.3) is 0 Å². The second-order valence-electron chi connectivity index (χ2n) is 7.01. The van der Waals surface area contributed by atoms with E-state index in [1.807, 2.05) is 18.7 Å². The van der Waals surface area contributed by atoms with Crippen molar-refractivity contribution in [1.82, 2.24) is 4.90 Å². The lowest BCUT2D eigenvalue weighted by atomic mass is 10.1. The van der Waals surface area contributed by atoms with Gasteiger partial charge in [0.05, 0.1) is 6.10 Å². The second kappa shape index (κ2) is 6.81. The quantitative estimate of drug-likeness (QED) is 0.790. The minimum absolute atomic E-state index is 0.0993. The van der Waals surface area contributed by atoms with E-state index in [0.717, 1.165) is 24.6 Å². The largest absolute Gasteiger partial charge is 0.480 e. The molecule has 0 aliphatic carbocycles. The van der Waals surface area contributed by atoms with Crippen LogP contribution in [0.25, 0.3) is 0 Å². The molecule has 1 rings (SSSR count). The van der Waals surface area contributed by atoms with Crippen LogP contribution in [0.1, 0.15) is 27.7 Å². The minimum Gasteiger partial charge on any atom is -0.480 e. The van der Waals surface area contributed by atoms with Gasteiger partial charge in [-0.15, -0.1) is 0 Å². The number of rotatable bonds is 5. The van der Waals surface area contributed by atoms with Crippen molar-refractivity contribution in [1.29, 1.82) is 0 Å². The fourth-order valence-electron chi connectivity index (χ4n) is 2.22. The molecule has 1 heterocycles. The van der Waals surface area contributed by atoms with E-state index in [0.29, 0.717) is 0 Å². The molecule has 6 heteroatoms. The molecule has 0 bridgehead atoms. The van der Waals surface area contributed by atoms with Gasteiger partial charge in [-0.2, -0.15) is 11.8 Å². The van der Waals surface area contributed by atoms with Gasteiger partial charge in [0.2, 0.25) is 0 Å². The van der Waals surface area contributed by atoms with Crippen LogP contribution in [0.15, 0.2) is 0 Å². The van der Waals surface area contributed by atoms with E-state index in [1.54, 1.807) is 0 Å². The van der Waals surface area contributed by atoms with Crippen molar-refractivity contribution in [2.24, 2.45) is 0 Å². The van der Waals surface area contributed by atoms with E-state index in [2.05, 4.69) is 38.8 Å². The maximum absolute atomic E-state index is 11.7. The summed E-state index contributed by atoms with van der Waals surface area (Å²) in [5.41, 5.74) is 0. The maximum atomic E-state index is 11.7. The van der Waals surface area contributed by atoms with Gasteiger partial charge < -0.3 is 9.53 Å². The molecule has 0 spiro atoms. The molecule has 0 amide bonds. The van der Waals surface area contributed by atoms with E-state index in [9.17, 15) is 9.90 Å². The van der Waals surface area contributed by atoms with E-state index in [-0.39, 0.29) is 11.1 Å². The Morgan fingerprint density at radius 1 is 1.30 bits per heavy atom. The molecule has 2 atom stereocenters. The smallest absolute Gasteiger partial charge is 0.323 e. The number of hydrogen-bond donors (Lipinski definition) is 1. The van der Waals surface area contributed by atoms with Gasteiger partial charge in [0.1, 0.15) is 6.04 Å². The van der Waals surface area contributed by atoms with Crippen molar-refractivity contribution < 1.29 is 14.3 Å². The summed E-state index contributed by atoms with van der Waals surface area (Å²) in [6.07, 6.45) is -0.267. The molecule has 20 heavy (non-hydrogen) atoms. The van der Waals surface area contributed by atoms with Crippen LogP contribution in [0.2, 0.25) is 18.1 Å². The number of nitrogens with zero attached hydrogens (tertiary/aromatic N) is 1. The molecule has 1 fully saturated rings. The van der Waals surface area contributed by atoms with E-state index in [1.165, 1.54) is 0 Å². The standard InChI is InChI=1S/C14H29NO3SSi/c1-11(18-20(5,6)14(2,3)4)12(13(16)17)15-7-9-19-10-8-15/h11-12H,7-10H2,1-6H3,(H,16,17)/t11-,12+/m0/s1. The average molecular weight is 320 g/mol. The molecule has 0 unspecified atom stereocenters. The summed E-state index contributed by atoms with van der Waals surface area (Å²) in [5.74, 6) is 1.26. The van der Waals surface area contributed by atoms with Gasteiger partial charge in [0, 0.05) is 24.6 Å². The van der Waals surface area contributed by atoms with Crippen molar-refractivity contribution in [3.63, 3.8) is 0 Å². The number of aliphatic carboxylic acids is 1. The normalized spacial score (nSPS) is 21.5. The van der Waals surface area contributed by atoms with Crippen LogP contribution in [-0.4, -0.2) is 61.0 Å². The highest BCUT2D eigenvalue weighted by atomic mass is 32.2. The lowest BCUT2D eigenvalue weighted by Gasteiger charge is -2.42. The van der Waals surface area contributed by atoms with Crippen molar-refractivity contribution in [3.8, 4) is 0 Å². The third kappa shape index (κ3) is 4.48. The molecule has 1 N–H and O–H groups in total. The Bertz CT molecular complexity index is 338. The Labute approximate surface area is 128 Å². The monoisotopic (exact) mass is 319 g/mol. The topological polar surface area (TPSA) is 49.8 Å². The molecule has 118 valence electrons. The fourth-order valence-corrected chi connectivity index (χ4v) is 4.56. The molecule has 0 aromatic rings. The van der Waals surface area contributed by atoms with Gasteiger partial charge >= 0.3 is 5.97 Å². The number of hydrogen-bond acceptors (Lipinski definition) is 4. The SMILES string of the molecule is C[C@H](O[Si](C)(C)C(C)(C)C)[C@H](C(=O)O)N1CCSCC1. The summed E-state index contributed by atoms with van der Waals surface area (Å²) in [6, 6.07) is -0.523. The molecule has 0 saturated carbocycles. The second-order valence-corrected chi connectivity index (χ2v) is 13.0. The molecular formula is C14H29NO3SSi. The van der Waals surface area contributed by atoms with Gasteiger partial charge in [-0.3, -0.25) is 9.69 Å².